The largest absolute Gasteiger partial charge is 0.399 e. The van der Waals surface area contributed by atoms with E-state index in [1.54, 1.807) is 0 Å². The fourth-order valence-corrected chi connectivity index (χ4v) is 3.43. The van der Waals surface area contributed by atoms with Crippen molar-refractivity contribution in [3.05, 3.63) is 29.3 Å². The minimum absolute atomic E-state index is 0.146. The second-order valence-corrected chi connectivity index (χ2v) is 6.64. The highest BCUT2D eigenvalue weighted by atomic mass is 16.2. The third-order valence-corrected chi connectivity index (χ3v) is 4.81. The number of carbonyl (C=O) groups excluding carboxylic acids is 1. The zero-order chi connectivity index (χ0) is 15.0. The maximum Gasteiger partial charge on any atom is 0.254 e. The van der Waals surface area contributed by atoms with Crippen molar-refractivity contribution in [2.24, 2.45) is 11.8 Å². The number of amides is 1. The SMILES string of the molecule is CC(C)[C@@H]1C[C@@H]1c1ccc(N)cc1C(=O)N1CCNCC1. The number of anilines is 1. The minimum Gasteiger partial charge on any atom is -0.399 e. The summed E-state index contributed by atoms with van der Waals surface area (Å²) in [7, 11) is 0. The molecule has 3 rings (SSSR count). The lowest BCUT2D eigenvalue weighted by molar-refractivity contribution is 0.0734. The maximum atomic E-state index is 12.8. The van der Waals surface area contributed by atoms with Crippen LogP contribution >= 0.6 is 0 Å². The van der Waals surface area contributed by atoms with Crippen LogP contribution in [-0.2, 0) is 0 Å². The third-order valence-electron chi connectivity index (χ3n) is 4.81. The van der Waals surface area contributed by atoms with Gasteiger partial charge in [0.25, 0.3) is 5.91 Å². The van der Waals surface area contributed by atoms with E-state index in [9.17, 15) is 4.79 Å². The molecule has 4 heteroatoms. The van der Waals surface area contributed by atoms with Crippen LogP contribution in [-0.4, -0.2) is 37.0 Å². The van der Waals surface area contributed by atoms with E-state index in [1.165, 1.54) is 12.0 Å². The Morgan fingerprint density at radius 1 is 1.33 bits per heavy atom. The number of carbonyl (C=O) groups is 1. The normalized spacial score (nSPS) is 25.2. The van der Waals surface area contributed by atoms with Crippen LogP contribution in [0.2, 0.25) is 0 Å². The molecule has 4 nitrogen and oxygen atoms in total. The van der Waals surface area contributed by atoms with Gasteiger partial charge in [-0.3, -0.25) is 4.79 Å². The zero-order valence-electron chi connectivity index (χ0n) is 12.9. The number of benzene rings is 1. The Kier molecular flexibility index (Phi) is 3.89. The van der Waals surface area contributed by atoms with E-state index in [4.69, 9.17) is 5.73 Å². The van der Waals surface area contributed by atoms with Gasteiger partial charge in [-0.2, -0.15) is 0 Å². The van der Waals surface area contributed by atoms with Gasteiger partial charge in [0.15, 0.2) is 0 Å². The van der Waals surface area contributed by atoms with Crippen molar-refractivity contribution < 1.29 is 4.79 Å². The van der Waals surface area contributed by atoms with Gasteiger partial charge in [0.1, 0.15) is 0 Å². The molecule has 1 aromatic carbocycles. The molecule has 0 radical (unpaired) electrons. The van der Waals surface area contributed by atoms with Gasteiger partial charge >= 0.3 is 0 Å². The molecule has 1 aliphatic carbocycles. The molecule has 1 saturated carbocycles. The standard InChI is InChI=1S/C17H25N3O/c1-11(2)14-10-15(14)13-4-3-12(18)9-16(13)17(21)20-7-5-19-6-8-20/h3-4,9,11,14-15,19H,5-8,10,18H2,1-2H3/t14-,15+/m0/s1. The summed E-state index contributed by atoms with van der Waals surface area (Å²) in [4.78, 5) is 14.8. The monoisotopic (exact) mass is 287 g/mol. The molecule has 21 heavy (non-hydrogen) atoms. The predicted octanol–water partition coefficient (Wildman–Crippen LogP) is 2.07. The number of rotatable bonds is 3. The van der Waals surface area contributed by atoms with Crippen LogP contribution in [0.4, 0.5) is 5.69 Å². The molecular formula is C17H25N3O. The second kappa shape index (κ2) is 5.68. The summed E-state index contributed by atoms with van der Waals surface area (Å²) in [6.07, 6.45) is 1.20. The molecule has 2 aliphatic rings. The molecule has 2 atom stereocenters. The van der Waals surface area contributed by atoms with Crippen molar-refractivity contribution in [1.82, 2.24) is 10.2 Å². The van der Waals surface area contributed by atoms with E-state index in [0.717, 1.165) is 31.7 Å². The Balaban J connectivity index is 1.86. The first-order valence-corrected chi connectivity index (χ1v) is 7.97. The van der Waals surface area contributed by atoms with Crippen molar-refractivity contribution in [3.8, 4) is 0 Å². The van der Waals surface area contributed by atoms with E-state index < -0.39 is 0 Å². The fourth-order valence-electron chi connectivity index (χ4n) is 3.43. The van der Waals surface area contributed by atoms with Gasteiger partial charge in [-0.05, 0) is 41.9 Å². The Hall–Kier alpha value is -1.55. The molecule has 2 fully saturated rings. The molecule has 3 N–H and O–H groups in total. The highest BCUT2D eigenvalue weighted by molar-refractivity contribution is 5.97. The highest BCUT2D eigenvalue weighted by Crippen LogP contribution is 2.52. The van der Waals surface area contributed by atoms with E-state index >= 15 is 0 Å². The Morgan fingerprint density at radius 3 is 2.67 bits per heavy atom. The summed E-state index contributed by atoms with van der Waals surface area (Å²) in [5.41, 5.74) is 8.63. The van der Waals surface area contributed by atoms with Gasteiger partial charge < -0.3 is 16.0 Å². The van der Waals surface area contributed by atoms with E-state index in [0.29, 0.717) is 23.4 Å². The van der Waals surface area contributed by atoms with Crippen molar-refractivity contribution in [1.29, 1.82) is 0 Å². The smallest absolute Gasteiger partial charge is 0.254 e. The number of piperazine rings is 1. The number of hydrogen-bond acceptors (Lipinski definition) is 3. The summed E-state index contributed by atoms with van der Waals surface area (Å²) in [6, 6.07) is 5.87. The first-order valence-electron chi connectivity index (χ1n) is 7.97. The van der Waals surface area contributed by atoms with E-state index in [-0.39, 0.29) is 5.91 Å². The molecule has 114 valence electrons. The topological polar surface area (TPSA) is 58.4 Å². The van der Waals surface area contributed by atoms with Crippen LogP contribution in [0.25, 0.3) is 0 Å². The van der Waals surface area contributed by atoms with Gasteiger partial charge in [0.05, 0.1) is 0 Å². The predicted molar refractivity (Wildman–Crippen MR) is 85.3 cm³/mol. The van der Waals surface area contributed by atoms with Crippen LogP contribution < -0.4 is 11.1 Å². The zero-order valence-corrected chi connectivity index (χ0v) is 12.9. The summed E-state index contributed by atoms with van der Waals surface area (Å²) >= 11 is 0. The van der Waals surface area contributed by atoms with Crippen molar-refractivity contribution >= 4 is 11.6 Å². The van der Waals surface area contributed by atoms with Crippen LogP contribution in [0.1, 0.15) is 42.1 Å². The van der Waals surface area contributed by atoms with Gasteiger partial charge in [-0.15, -0.1) is 0 Å². The van der Waals surface area contributed by atoms with Crippen LogP contribution in [0.3, 0.4) is 0 Å². The van der Waals surface area contributed by atoms with Gasteiger partial charge in [-0.1, -0.05) is 19.9 Å². The molecule has 1 heterocycles. The summed E-state index contributed by atoms with van der Waals surface area (Å²) in [5.74, 6) is 2.07. The molecule has 1 aromatic rings. The lowest BCUT2D eigenvalue weighted by Gasteiger charge is -2.28. The number of hydrogen-bond donors (Lipinski definition) is 2. The first kappa shape index (κ1) is 14.4. The van der Waals surface area contributed by atoms with E-state index in [2.05, 4.69) is 25.2 Å². The van der Waals surface area contributed by atoms with Crippen LogP contribution in [0.15, 0.2) is 18.2 Å². The minimum atomic E-state index is 0.146. The quantitative estimate of drug-likeness (QED) is 0.837. The molecule has 0 unspecified atom stereocenters. The van der Waals surface area contributed by atoms with Crippen LogP contribution in [0, 0.1) is 11.8 Å². The van der Waals surface area contributed by atoms with Gasteiger partial charge in [-0.25, -0.2) is 0 Å². The fraction of sp³-hybridized carbons (Fsp3) is 0.588. The number of nitrogen functional groups attached to an aromatic ring is 1. The van der Waals surface area contributed by atoms with Crippen LogP contribution in [0.5, 0.6) is 0 Å². The Bertz CT molecular complexity index is 535. The molecule has 1 saturated heterocycles. The molecule has 0 bridgehead atoms. The summed E-state index contributed by atoms with van der Waals surface area (Å²) in [6.45, 7) is 7.85. The Labute approximate surface area is 126 Å². The first-order chi connectivity index (χ1) is 10.1. The second-order valence-electron chi connectivity index (χ2n) is 6.64. The number of nitrogens with zero attached hydrogens (tertiary/aromatic N) is 1. The average molecular weight is 287 g/mol. The molecule has 0 spiro atoms. The van der Waals surface area contributed by atoms with Crippen molar-refractivity contribution in [2.75, 3.05) is 31.9 Å². The highest BCUT2D eigenvalue weighted by Gasteiger charge is 2.42. The number of nitrogens with one attached hydrogen (secondary N) is 1. The van der Waals surface area contributed by atoms with Crippen molar-refractivity contribution in [2.45, 2.75) is 26.2 Å². The van der Waals surface area contributed by atoms with Gasteiger partial charge in [0, 0.05) is 37.4 Å². The third kappa shape index (κ3) is 2.91. The molecule has 1 aliphatic heterocycles. The number of nitrogens with two attached hydrogens (primary N) is 1. The lowest BCUT2D eigenvalue weighted by Crippen LogP contribution is -2.46. The summed E-state index contributed by atoms with van der Waals surface area (Å²) in [5, 5.41) is 3.29. The summed E-state index contributed by atoms with van der Waals surface area (Å²) < 4.78 is 0. The average Bonchev–Trinajstić information content (AvgIpc) is 3.28. The van der Waals surface area contributed by atoms with Gasteiger partial charge in [0.2, 0.25) is 0 Å². The molecule has 0 aromatic heterocycles. The maximum absolute atomic E-state index is 12.8. The van der Waals surface area contributed by atoms with Crippen molar-refractivity contribution in [3.63, 3.8) is 0 Å². The molecule has 1 amide bonds. The molecular weight excluding hydrogens is 262 g/mol. The Morgan fingerprint density at radius 2 is 2.05 bits per heavy atom. The lowest BCUT2D eigenvalue weighted by atomic mass is 9.97. The van der Waals surface area contributed by atoms with E-state index in [1.807, 2.05) is 17.0 Å².